The van der Waals surface area contributed by atoms with Gasteiger partial charge in [0.1, 0.15) is 11.5 Å². The van der Waals surface area contributed by atoms with Crippen LogP contribution in [0.2, 0.25) is 0 Å². The van der Waals surface area contributed by atoms with Gasteiger partial charge in [0, 0.05) is 30.7 Å². The molecule has 2 aromatic heterocycles. The van der Waals surface area contributed by atoms with E-state index in [0.717, 1.165) is 18.7 Å². The van der Waals surface area contributed by atoms with E-state index in [1.54, 1.807) is 23.3 Å². The van der Waals surface area contributed by atoms with Crippen molar-refractivity contribution in [2.75, 3.05) is 6.54 Å². The van der Waals surface area contributed by atoms with Crippen molar-refractivity contribution in [3.63, 3.8) is 0 Å². The minimum atomic E-state index is -0.110. The highest BCUT2D eigenvalue weighted by Crippen LogP contribution is 2.00. The van der Waals surface area contributed by atoms with E-state index in [1.807, 2.05) is 0 Å². The Labute approximate surface area is 96.9 Å². The Morgan fingerprint density at radius 3 is 3.12 bits per heavy atom. The lowest BCUT2D eigenvalue weighted by molar-refractivity contribution is 0.0949. The average molecular weight is 236 g/mol. The summed E-state index contributed by atoms with van der Waals surface area (Å²) in [7, 11) is 0. The van der Waals surface area contributed by atoms with Crippen LogP contribution in [0.4, 0.5) is 0 Å². The predicted octanol–water partition coefficient (Wildman–Crippen LogP) is 1.23. The number of H-pyrrole nitrogens is 1. The lowest BCUT2D eigenvalue weighted by Crippen LogP contribution is -2.25. The molecule has 0 spiro atoms. The molecule has 2 rings (SSSR count). The number of rotatable bonds is 5. The molecule has 16 heavy (non-hydrogen) atoms. The Morgan fingerprint density at radius 2 is 2.44 bits per heavy atom. The van der Waals surface area contributed by atoms with E-state index >= 15 is 0 Å². The van der Waals surface area contributed by atoms with Gasteiger partial charge in [-0.1, -0.05) is 0 Å². The van der Waals surface area contributed by atoms with E-state index in [-0.39, 0.29) is 5.91 Å². The van der Waals surface area contributed by atoms with Crippen LogP contribution in [-0.4, -0.2) is 27.4 Å². The Bertz CT molecular complexity index is 424. The maximum Gasteiger partial charge on any atom is 0.270 e. The Hall–Kier alpha value is -1.69. The second kappa shape index (κ2) is 5.41. The van der Waals surface area contributed by atoms with Gasteiger partial charge in [-0.2, -0.15) is 0 Å². The van der Waals surface area contributed by atoms with Crippen molar-refractivity contribution in [3.8, 4) is 0 Å². The molecule has 0 aliphatic carbocycles. The molecule has 0 atom stereocenters. The van der Waals surface area contributed by atoms with E-state index in [1.165, 1.54) is 11.3 Å². The van der Waals surface area contributed by atoms with Gasteiger partial charge in [-0.3, -0.25) is 4.79 Å². The molecule has 0 aliphatic heterocycles. The molecular weight excluding hydrogens is 224 g/mol. The first kappa shape index (κ1) is 10.8. The van der Waals surface area contributed by atoms with Gasteiger partial charge in [-0.25, -0.2) is 9.97 Å². The third-order valence-corrected chi connectivity index (χ3v) is 2.68. The zero-order chi connectivity index (χ0) is 11.2. The second-order valence-electron chi connectivity index (χ2n) is 3.27. The standard InChI is InChI=1S/C10H12N4OS/c15-10(8-6-16-7-14-8)13-3-1-2-9-11-4-5-12-9/h4-7H,1-3H2,(H,11,12)(H,13,15). The van der Waals surface area contributed by atoms with Crippen LogP contribution in [0.25, 0.3) is 0 Å². The van der Waals surface area contributed by atoms with Crippen LogP contribution in [0, 0.1) is 0 Å². The van der Waals surface area contributed by atoms with Crippen LogP contribution in [0.5, 0.6) is 0 Å². The van der Waals surface area contributed by atoms with E-state index in [9.17, 15) is 4.79 Å². The van der Waals surface area contributed by atoms with Gasteiger partial charge in [0.2, 0.25) is 0 Å². The van der Waals surface area contributed by atoms with Gasteiger partial charge >= 0.3 is 0 Å². The topological polar surface area (TPSA) is 70.7 Å². The van der Waals surface area contributed by atoms with Gasteiger partial charge < -0.3 is 10.3 Å². The second-order valence-corrected chi connectivity index (χ2v) is 3.99. The first-order chi connectivity index (χ1) is 7.86. The SMILES string of the molecule is O=C(NCCCc1ncc[nH]1)c1cscn1. The van der Waals surface area contributed by atoms with Gasteiger partial charge in [0.25, 0.3) is 5.91 Å². The van der Waals surface area contributed by atoms with E-state index in [2.05, 4.69) is 20.3 Å². The number of aromatic amines is 1. The van der Waals surface area contributed by atoms with E-state index < -0.39 is 0 Å². The number of carbonyl (C=O) groups excluding carboxylic acids is 1. The van der Waals surface area contributed by atoms with Gasteiger partial charge in [0.05, 0.1) is 5.51 Å². The van der Waals surface area contributed by atoms with Crippen LogP contribution in [0.1, 0.15) is 22.7 Å². The fraction of sp³-hybridized carbons (Fsp3) is 0.300. The number of aryl methyl sites for hydroxylation is 1. The van der Waals surface area contributed by atoms with Gasteiger partial charge in [-0.15, -0.1) is 11.3 Å². The number of hydrogen-bond acceptors (Lipinski definition) is 4. The summed E-state index contributed by atoms with van der Waals surface area (Å²) in [5.74, 6) is 0.837. The summed E-state index contributed by atoms with van der Waals surface area (Å²) in [5.41, 5.74) is 2.14. The summed E-state index contributed by atoms with van der Waals surface area (Å²) in [6.45, 7) is 0.636. The largest absolute Gasteiger partial charge is 0.351 e. The summed E-state index contributed by atoms with van der Waals surface area (Å²) in [4.78, 5) is 22.5. The Kier molecular flexibility index (Phi) is 3.66. The quantitative estimate of drug-likeness (QED) is 0.767. The van der Waals surface area contributed by atoms with Crippen molar-refractivity contribution < 1.29 is 4.79 Å². The zero-order valence-electron chi connectivity index (χ0n) is 8.64. The number of thiazole rings is 1. The van der Waals surface area contributed by atoms with E-state index in [4.69, 9.17) is 0 Å². The molecule has 0 aliphatic rings. The molecule has 5 nitrogen and oxygen atoms in total. The van der Waals surface area contributed by atoms with Crippen molar-refractivity contribution in [3.05, 3.63) is 34.8 Å². The highest BCUT2D eigenvalue weighted by molar-refractivity contribution is 7.07. The fourth-order valence-electron chi connectivity index (χ4n) is 1.31. The number of aromatic nitrogens is 3. The van der Waals surface area contributed by atoms with Gasteiger partial charge in [0.15, 0.2) is 0 Å². The monoisotopic (exact) mass is 236 g/mol. The predicted molar refractivity (Wildman–Crippen MR) is 61.4 cm³/mol. The number of hydrogen-bond donors (Lipinski definition) is 2. The Balaban J connectivity index is 1.67. The fourth-order valence-corrected chi connectivity index (χ4v) is 1.84. The van der Waals surface area contributed by atoms with Gasteiger partial charge in [-0.05, 0) is 6.42 Å². The summed E-state index contributed by atoms with van der Waals surface area (Å²) in [6, 6.07) is 0. The van der Waals surface area contributed by atoms with Crippen molar-refractivity contribution in [2.24, 2.45) is 0 Å². The molecule has 2 N–H and O–H groups in total. The van der Waals surface area contributed by atoms with Crippen molar-refractivity contribution in [1.82, 2.24) is 20.3 Å². The molecule has 0 fully saturated rings. The minimum absolute atomic E-state index is 0.110. The lowest BCUT2D eigenvalue weighted by Gasteiger charge is -2.01. The maximum absolute atomic E-state index is 11.5. The molecule has 84 valence electrons. The molecule has 1 amide bonds. The normalized spacial score (nSPS) is 10.2. The number of amides is 1. The molecule has 0 aromatic carbocycles. The summed E-state index contributed by atoms with van der Waals surface area (Å²) >= 11 is 1.42. The minimum Gasteiger partial charge on any atom is -0.351 e. The summed E-state index contributed by atoms with van der Waals surface area (Å²) < 4.78 is 0. The van der Waals surface area contributed by atoms with Crippen LogP contribution >= 0.6 is 11.3 Å². The van der Waals surface area contributed by atoms with Crippen LogP contribution < -0.4 is 5.32 Å². The van der Waals surface area contributed by atoms with Crippen LogP contribution in [0.15, 0.2) is 23.3 Å². The van der Waals surface area contributed by atoms with Crippen molar-refractivity contribution in [2.45, 2.75) is 12.8 Å². The third kappa shape index (κ3) is 2.90. The first-order valence-electron chi connectivity index (χ1n) is 5.01. The molecule has 0 saturated carbocycles. The first-order valence-corrected chi connectivity index (χ1v) is 5.95. The Morgan fingerprint density at radius 1 is 1.50 bits per heavy atom. The number of imidazole rings is 1. The highest BCUT2D eigenvalue weighted by Gasteiger charge is 2.05. The maximum atomic E-state index is 11.5. The zero-order valence-corrected chi connectivity index (χ0v) is 9.46. The smallest absolute Gasteiger partial charge is 0.270 e. The highest BCUT2D eigenvalue weighted by atomic mass is 32.1. The molecule has 2 aromatic rings. The average Bonchev–Trinajstić information content (AvgIpc) is 2.96. The third-order valence-electron chi connectivity index (χ3n) is 2.10. The molecule has 2 heterocycles. The summed E-state index contributed by atoms with van der Waals surface area (Å²) in [5, 5.41) is 4.55. The number of carbonyl (C=O) groups is 1. The van der Waals surface area contributed by atoms with Crippen molar-refractivity contribution in [1.29, 1.82) is 0 Å². The molecule has 6 heteroatoms. The van der Waals surface area contributed by atoms with Crippen molar-refractivity contribution >= 4 is 17.2 Å². The number of nitrogens with one attached hydrogen (secondary N) is 2. The van der Waals surface area contributed by atoms with E-state index in [0.29, 0.717) is 12.2 Å². The summed E-state index contributed by atoms with van der Waals surface area (Å²) in [6.07, 6.45) is 5.22. The molecule has 0 bridgehead atoms. The molecule has 0 unspecified atom stereocenters. The molecular formula is C10H12N4OS. The van der Waals surface area contributed by atoms with Crippen LogP contribution in [-0.2, 0) is 6.42 Å². The lowest BCUT2D eigenvalue weighted by atomic mass is 10.3. The molecule has 0 radical (unpaired) electrons. The molecule has 0 saturated heterocycles. The number of nitrogens with zero attached hydrogens (tertiary/aromatic N) is 2. The van der Waals surface area contributed by atoms with Crippen LogP contribution in [0.3, 0.4) is 0 Å².